The first-order valence-corrected chi connectivity index (χ1v) is 10.4. The quantitative estimate of drug-likeness (QED) is 0.356. The average molecular weight is 497 g/mol. The third-order valence-electron chi connectivity index (χ3n) is 4.72. The maximum Gasteiger partial charge on any atom is 0.335 e. The molecule has 0 radical (unpaired) electrons. The number of hydrogen-bond acceptors (Lipinski definition) is 11. The first kappa shape index (κ1) is 27.4. The molecule has 192 valence electrons. The highest BCUT2D eigenvalue weighted by molar-refractivity contribution is 5.88. The van der Waals surface area contributed by atoms with Crippen LogP contribution < -0.4 is 14.8 Å². The summed E-state index contributed by atoms with van der Waals surface area (Å²) in [5.41, 5.74) is -0.0716. The molecule has 1 aliphatic heterocycles. The second-order valence-electron chi connectivity index (χ2n) is 7.51. The zero-order valence-corrected chi connectivity index (χ0v) is 19.8. The van der Waals surface area contributed by atoms with Gasteiger partial charge in [0.1, 0.15) is 18.8 Å². The van der Waals surface area contributed by atoms with Crippen molar-refractivity contribution in [3.05, 3.63) is 23.8 Å². The fourth-order valence-electron chi connectivity index (χ4n) is 3.41. The zero-order valence-electron chi connectivity index (χ0n) is 19.8. The standard InChI is InChI=1S/C22H27NO12/c1-10(24)23-18-20(33-13(4)27)19(32-12(3)26)17(9-31-11(2)25)35-22(18)34-15-7-6-14(21(28)29)8-16(15)30-5/h6-8,17-20,22H,9H2,1-5H3,(H,23,24)(H,28,29)/t17-,18+,19+,20+,22-/m1/s1. The molecule has 1 aromatic rings. The van der Waals surface area contributed by atoms with Gasteiger partial charge >= 0.3 is 23.9 Å². The van der Waals surface area contributed by atoms with Crippen LogP contribution in [0.5, 0.6) is 11.5 Å². The molecule has 1 aliphatic rings. The molecule has 13 nitrogen and oxygen atoms in total. The Bertz CT molecular complexity index is 977. The molecule has 0 unspecified atom stereocenters. The summed E-state index contributed by atoms with van der Waals surface area (Å²) in [7, 11) is 1.29. The highest BCUT2D eigenvalue weighted by atomic mass is 16.7. The van der Waals surface area contributed by atoms with Crippen molar-refractivity contribution in [2.45, 2.75) is 58.3 Å². The second kappa shape index (κ2) is 12.0. The smallest absolute Gasteiger partial charge is 0.335 e. The number of rotatable bonds is 9. The largest absolute Gasteiger partial charge is 0.493 e. The van der Waals surface area contributed by atoms with E-state index in [0.717, 1.165) is 20.8 Å². The van der Waals surface area contributed by atoms with Gasteiger partial charge in [0.05, 0.1) is 12.7 Å². The number of aromatic carboxylic acids is 1. The highest BCUT2D eigenvalue weighted by Crippen LogP contribution is 2.33. The first-order chi connectivity index (χ1) is 16.4. The number of esters is 3. The van der Waals surface area contributed by atoms with E-state index in [1.54, 1.807) is 0 Å². The van der Waals surface area contributed by atoms with Gasteiger partial charge < -0.3 is 38.8 Å². The third-order valence-corrected chi connectivity index (χ3v) is 4.72. The Labute approximate surface area is 200 Å². The van der Waals surface area contributed by atoms with Gasteiger partial charge in [-0.2, -0.15) is 0 Å². The minimum atomic E-state index is -1.37. The average Bonchev–Trinajstić information content (AvgIpc) is 2.75. The molecule has 1 amide bonds. The van der Waals surface area contributed by atoms with Gasteiger partial charge in [-0.15, -0.1) is 0 Å². The van der Waals surface area contributed by atoms with Crippen molar-refractivity contribution in [3.8, 4) is 11.5 Å². The Morgan fingerprint density at radius 2 is 1.57 bits per heavy atom. The molecule has 1 heterocycles. The van der Waals surface area contributed by atoms with Crippen LogP contribution >= 0.6 is 0 Å². The summed E-state index contributed by atoms with van der Waals surface area (Å²) in [5.74, 6) is -3.80. The van der Waals surface area contributed by atoms with Gasteiger partial charge in [0, 0.05) is 27.7 Å². The Kier molecular flexibility index (Phi) is 9.40. The van der Waals surface area contributed by atoms with E-state index in [0.29, 0.717) is 0 Å². The minimum absolute atomic E-state index is 0.0385. The topological polar surface area (TPSA) is 173 Å². The lowest BCUT2D eigenvalue weighted by Gasteiger charge is -2.44. The number of hydrogen-bond donors (Lipinski definition) is 2. The summed E-state index contributed by atoms with van der Waals surface area (Å²) in [6, 6.07) is 2.60. The summed E-state index contributed by atoms with van der Waals surface area (Å²) in [4.78, 5) is 58.4. The van der Waals surface area contributed by atoms with Gasteiger partial charge in [-0.25, -0.2) is 4.79 Å². The van der Waals surface area contributed by atoms with E-state index in [-0.39, 0.29) is 17.1 Å². The molecular weight excluding hydrogens is 470 g/mol. The van der Waals surface area contributed by atoms with Crippen molar-refractivity contribution in [1.29, 1.82) is 0 Å². The number of nitrogens with one attached hydrogen (secondary N) is 1. The molecule has 1 aromatic carbocycles. The molecule has 0 aromatic heterocycles. The molecule has 2 N–H and O–H groups in total. The molecule has 0 saturated carbocycles. The lowest BCUT2D eigenvalue weighted by Crippen LogP contribution is -2.67. The van der Waals surface area contributed by atoms with Crippen LogP contribution in [0.15, 0.2) is 18.2 Å². The van der Waals surface area contributed by atoms with E-state index in [9.17, 15) is 29.1 Å². The predicted octanol–water partition coefficient (Wildman–Crippen LogP) is 0.428. The Morgan fingerprint density at radius 3 is 2.09 bits per heavy atom. The molecule has 2 rings (SSSR count). The third kappa shape index (κ3) is 7.57. The number of ether oxygens (including phenoxy) is 6. The first-order valence-electron chi connectivity index (χ1n) is 10.4. The van der Waals surface area contributed by atoms with Crippen molar-refractivity contribution < 1.29 is 57.5 Å². The lowest BCUT2D eigenvalue weighted by atomic mass is 9.96. The number of carboxylic acids is 1. The van der Waals surface area contributed by atoms with Gasteiger partial charge in [-0.05, 0) is 18.2 Å². The van der Waals surface area contributed by atoms with Crippen LogP contribution in [0.3, 0.4) is 0 Å². The molecule has 5 atom stereocenters. The van der Waals surface area contributed by atoms with E-state index < -0.39 is 67.0 Å². The molecule has 13 heteroatoms. The van der Waals surface area contributed by atoms with Crippen LogP contribution in [0.1, 0.15) is 38.1 Å². The Balaban J connectivity index is 2.52. The van der Waals surface area contributed by atoms with E-state index in [4.69, 9.17) is 28.4 Å². The van der Waals surface area contributed by atoms with E-state index in [1.165, 1.54) is 32.2 Å². The van der Waals surface area contributed by atoms with E-state index >= 15 is 0 Å². The van der Waals surface area contributed by atoms with Crippen molar-refractivity contribution in [1.82, 2.24) is 5.32 Å². The van der Waals surface area contributed by atoms with Crippen molar-refractivity contribution in [2.24, 2.45) is 0 Å². The molecular formula is C22H27NO12. The molecule has 0 spiro atoms. The number of benzene rings is 1. The highest BCUT2D eigenvalue weighted by Gasteiger charge is 2.52. The van der Waals surface area contributed by atoms with Gasteiger partial charge in [-0.1, -0.05) is 0 Å². The maximum atomic E-state index is 12.0. The fraction of sp³-hybridized carbons (Fsp3) is 0.500. The number of carbonyl (C=O) groups is 5. The van der Waals surface area contributed by atoms with Crippen LogP contribution in [0, 0.1) is 0 Å². The van der Waals surface area contributed by atoms with Crippen LogP contribution in [0.25, 0.3) is 0 Å². The normalized spacial score (nSPS) is 23.4. The Morgan fingerprint density at radius 1 is 0.943 bits per heavy atom. The molecule has 35 heavy (non-hydrogen) atoms. The monoisotopic (exact) mass is 497 g/mol. The summed E-state index contributed by atoms with van der Waals surface area (Å²) in [6.07, 6.45) is -5.11. The SMILES string of the molecule is COc1cc(C(=O)O)ccc1O[C@@H]1O[C@H](COC(C)=O)[C@H](OC(C)=O)[C@@H](OC(C)=O)[C@@H]1NC(C)=O. The summed E-state index contributed by atoms with van der Waals surface area (Å²) >= 11 is 0. The lowest BCUT2D eigenvalue weighted by molar-refractivity contribution is -0.257. The van der Waals surface area contributed by atoms with Crippen LogP contribution in [0.2, 0.25) is 0 Å². The maximum absolute atomic E-state index is 12.0. The van der Waals surface area contributed by atoms with Crippen LogP contribution in [-0.2, 0) is 38.1 Å². The fourth-order valence-corrected chi connectivity index (χ4v) is 3.41. The molecule has 0 aliphatic carbocycles. The molecule has 0 bridgehead atoms. The van der Waals surface area contributed by atoms with Gasteiger partial charge in [0.2, 0.25) is 12.2 Å². The van der Waals surface area contributed by atoms with Crippen molar-refractivity contribution >= 4 is 29.8 Å². The number of carbonyl (C=O) groups excluding carboxylic acids is 4. The van der Waals surface area contributed by atoms with Crippen LogP contribution in [-0.4, -0.2) is 79.3 Å². The van der Waals surface area contributed by atoms with E-state index in [2.05, 4.69) is 5.32 Å². The van der Waals surface area contributed by atoms with Gasteiger partial charge in [0.25, 0.3) is 0 Å². The van der Waals surface area contributed by atoms with Gasteiger partial charge in [0.15, 0.2) is 23.7 Å². The summed E-state index contributed by atoms with van der Waals surface area (Å²) < 4.78 is 32.7. The molecule has 1 saturated heterocycles. The number of amides is 1. The molecule has 1 fully saturated rings. The number of methoxy groups -OCH3 is 1. The van der Waals surface area contributed by atoms with Crippen LogP contribution in [0.4, 0.5) is 0 Å². The minimum Gasteiger partial charge on any atom is -0.493 e. The van der Waals surface area contributed by atoms with E-state index in [1.807, 2.05) is 0 Å². The Hall–Kier alpha value is -3.87. The summed E-state index contributed by atoms with van der Waals surface area (Å²) in [6.45, 7) is 4.22. The summed E-state index contributed by atoms with van der Waals surface area (Å²) in [5, 5.41) is 11.8. The number of carboxylic acid groups (broad SMARTS) is 1. The predicted molar refractivity (Wildman–Crippen MR) is 115 cm³/mol. The van der Waals surface area contributed by atoms with Crippen molar-refractivity contribution in [2.75, 3.05) is 13.7 Å². The zero-order chi connectivity index (χ0) is 26.3. The van der Waals surface area contributed by atoms with Crippen molar-refractivity contribution in [3.63, 3.8) is 0 Å². The second-order valence-corrected chi connectivity index (χ2v) is 7.51. The van der Waals surface area contributed by atoms with Gasteiger partial charge in [-0.3, -0.25) is 19.2 Å².